The topological polar surface area (TPSA) is 64.4 Å². The number of rotatable bonds is 5. The molecule has 1 aromatic carbocycles. The fraction of sp³-hybridized carbons (Fsp3) is 0.462. The van der Waals surface area contributed by atoms with Crippen molar-refractivity contribution in [3.63, 3.8) is 0 Å². The molecule has 1 aromatic rings. The smallest absolute Gasteiger partial charge is 0.406 e. The number of hydrogen-bond acceptors (Lipinski definition) is 3. The van der Waals surface area contributed by atoms with Crippen molar-refractivity contribution in [3.8, 4) is 5.75 Å². The summed E-state index contributed by atoms with van der Waals surface area (Å²) in [5.74, 6) is -0.553. The van der Waals surface area contributed by atoms with Crippen LogP contribution in [0.15, 0.2) is 24.3 Å². The van der Waals surface area contributed by atoms with Gasteiger partial charge in [-0.15, -0.1) is 13.2 Å². The van der Waals surface area contributed by atoms with Crippen LogP contribution >= 0.6 is 0 Å². The van der Waals surface area contributed by atoms with Gasteiger partial charge in [0, 0.05) is 6.54 Å². The Kier molecular flexibility index (Phi) is 4.99. The molecule has 112 valence electrons. The van der Waals surface area contributed by atoms with E-state index in [4.69, 9.17) is 5.73 Å². The largest absolute Gasteiger partial charge is 0.573 e. The lowest BCUT2D eigenvalue weighted by Gasteiger charge is -2.17. The molecule has 1 rings (SSSR count). The molecule has 0 radical (unpaired) electrons. The van der Waals surface area contributed by atoms with Gasteiger partial charge in [-0.2, -0.15) is 0 Å². The van der Waals surface area contributed by atoms with Gasteiger partial charge >= 0.3 is 6.36 Å². The number of halogens is 3. The normalized spacial score (nSPS) is 12.1. The molecular weight excluding hydrogens is 273 g/mol. The summed E-state index contributed by atoms with van der Waals surface area (Å²) in [4.78, 5) is 11.5. The minimum atomic E-state index is -4.69. The molecule has 0 saturated carbocycles. The highest BCUT2D eigenvalue weighted by molar-refractivity contribution is 5.84. The molecule has 0 atom stereocenters. The molecule has 4 nitrogen and oxygen atoms in total. The number of carbonyl (C=O) groups excluding carboxylic acids is 1. The maximum absolute atomic E-state index is 12.0. The quantitative estimate of drug-likeness (QED) is 0.871. The van der Waals surface area contributed by atoms with Gasteiger partial charge in [-0.05, 0) is 38.0 Å². The maximum Gasteiger partial charge on any atom is 0.573 e. The van der Waals surface area contributed by atoms with Crippen LogP contribution in [0.4, 0.5) is 13.2 Å². The second kappa shape index (κ2) is 6.13. The third-order valence-corrected chi connectivity index (χ3v) is 2.44. The monoisotopic (exact) mass is 290 g/mol. The zero-order valence-corrected chi connectivity index (χ0v) is 11.3. The Hall–Kier alpha value is -1.76. The molecule has 0 bridgehead atoms. The molecule has 20 heavy (non-hydrogen) atoms. The van der Waals surface area contributed by atoms with Crippen LogP contribution < -0.4 is 15.8 Å². The number of nitrogens with two attached hydrogens (primary N) is 1. The van der Waals surface area contributed by atoms with Gasteiger partial charge in [0.15, 0.2) is 0 Å². The number of amides is 1. The van der Waals surface area contributed by atoms with Crippen molar-refractivity contribution >= 4 is 5.91 Å². The minimum absolute atomic E-state index is 0.270. The fourth-order valence-corrected chi connectivity index (χ4v) is 1.41. The zero-order chi connectivity index (χ0) is 15.4. The summed E-state index contributed by atoms with van der Waals surface area (Å²) in [6.45, 7) is 3.54. The van der Waals surface area contributed by atoms with Gasteiger partial charge in [-0.3, -0.25) is 4.79 Å². The molecule has 0 fully saturated rings. The first kappa shape index (κ1) is 16.3. The Balaban J connectivity index is 2.45. The Morgan fingerprint density at radius 2 is 1.80 bits per heavy atom. The minimum Gasteiger partial charge on any atom is -0.406 e. The van der Waals surface area contributed by atoms with Crippen LogP contribution in [0, 0.1) is 0 Å². The molecule has 0 saturated heterocycles. The lowest BCUT2D eigenvalue weighted by atomic mass is 10.1. The van der Waals surface area contributed by atoms with E-state index >= 15 is 0 Å². The second-order valence-corrected chi connectivity index (χ2v) is 4.92. The molecular formula is C13H17F3N2O2. The third kappa shape index (κ3) is 5.92. The first-order valence-electron chi connectivity index (χ1n) is 6.00. The summed E-state index contributed by atoms with van der Waals surface area (Å²) < 4.78 is 39.6. The highest BCUT2D eigenvalue weighted by atomic mass is 19.4. The second-order valence-electron chi connectivity index (χ2n) is 4.92. The maximum atomic E-state index is 12.0. The van der Waals surface area contributed by atoms with Gasteiger partial charge in [-0.1, -0.05) is 12.1 Å². The van der Waals surface area contributed by atoms with E-state index in [2.05, 4.69) is 10.1 Å². The molecule has 0 aliphatic carbocycles. The average Bonchev–Trinajstić information content (AvgIpc) is 2.28. The van der Waals surface area contributed by atoms with Crippen LogP contribution in [0.3, 0.4) is 0 Å². The van der Waals surface area contributed by atoms with E-state index in [1.165, 1.54) is 24.3 Å². The summed E-state index contributed by atoms with van der Waals surface area (Å²) in [5, 5.41) is 2.65. The zero-order valence-electron chi connectivity index (χ0n) is 11.3. The van der Waals surface area contributed by atoms with E-state index in [1.807, 2.05) is 0 Å². The van der Waals surface area contributed by atoms with E-state index in [9.17, 15) is 18.0 Å². The standard InChI is InChI=1S/C13H17F3N2O2/c1-12(2,17)11(19)18-8-7-9-3-5-10(6-4-9)20-13(14,15)16/h3-6H,7-8,17H2,1-2H3,(H,18,19). The number of carbonyl (C=O) groups is 1. The van der Waals surface area contributed by atoms with E-state index in [-0.39, 0.29) is 11.7 Å². The summed E-state index contributed by atoms with van der Waals surface area (Å²) >= 11 is 0. The van der Waals surface area contributed by atoms with Crippen molar-refractivity contribution in [1.29, 1.82) is 0 Å². The van der Waals surface area contributed by atoms with Gasteiger partial charge in [-0.25, -0.2) is 0 Å². The fourth-order valence-electron chi connectivity index (χ4n) is 1.41. The first-order valence-corrected chi connectivity index (χ1v) is 6.00. The molecule has 0 aliphatic rings. The molecule has 0 aliphatic heterocycles. The van der Waals surface area contributed by atoms with E-state index < -0.39 is 11.9 Å². The van der Waals surface area contributed by atoms with Gasteiger partial charge in [0.1, 0.15) is 5.75 Å². The Morgan fingerprint density at radius 1 is 1.25 bits per heavy atom. The average molecular weight is 290 g/mol. The molecule has 0 heterocycles. The lowest BCUT2D eigenvalue weighted by Crippen LogP contribution is -2.49. The molecule has 0 unspecified atom stereocenters. The molecule has 1 amide bonds. The van der Waals surface area contributed by atoms with Crippen LogP contribution in [0.1, 0.15) is 19.4 Å². The van der Waals surface area contributed by atoms with Crippen LogP contribution in [0.2, 0.25) is 0 Å². The van der Waals surface area contributed by atoms with Crippen molar-refractivity contribution in [1.82, 2.24) is 5.32 Å². The van der Waals surface area contributed by atoms with Crippen LogP contribution in [0.5, 0.6) is 5.75 Å². The van der Waals surface area contributed by atoms with Gasteiger partial charge in [0.25, 0.3) is 0 Å². The van der Waals surface area contributed by atoms with Crippen molar-refractivity contribution in [3.05, 3.63) is 29.8 Å². The SMILES string of the molecule is CC(C)(N)C(=O)NCCc1ccc(OC(F)(F)F)cc1. The summed E-state index contributed by atoms with van der Waals surface area (Å²) in [7, 11) is 0. The number of alkyl halides is 3. The third-order valence-electron chi connectivity index (χ3n) is 2.44. The van der Waals surface area contributed by atoms with Crippen molar-refractivity contribution in [2.24, 2.45) is 5.73 Å². The predicted molar refractivity (Wildman–Crippen MR) is 68.1 cm³/mol. The summed E-state index contributed by atoms with van der Waals surface area (Å²) in [6, 6.07) is 5.50. The van der Waals surface area contributed by atoms with Crippen molar-refractivity contribution < 1.29 is 22.7 Å². The van der Waals surface area contributed by atoms with E-state index in [1.54, 1.807) is 13.8 Å². The molecule has 7 heteroatoms. The molecule has 0 spiro atoms. The number of ether oxygens (including phenoxy) is 1. The molecule has 0 aromatic heterocycles. The Labute approximate surface area is 115 Å². The van der Waals surface area contributed by atoms with Gasteiger partial charge in [0.2, 0.25) is 5.91 Å². The number of hydrogen-bond donors (Lipinski definition) is 2. The summed E-state index contributed by atoms with van der Waals surface area (Å²) in [6.07, 6.45) is -4.20. The van der Waals surface area contributed by atoms with Gasteiger partial charge in [0.05, 0.1) is 5.54 Å². The van der Waals surface area contributed by atoms with Gasteiger partial charge < -0.3 is 15.8 Å². The van der Waals surface area contributed by atoms with Crippen LogP contribution in [-0.4, -0.2) is 24.4 Å². The Morgan fingerprint density at radius 3 is 2.25 bits per heavy atom. The predicted octanol–water partition coefficient (Wildman–Crippen LogP) is 1.98. The van der Waals surface area contributed by atoms with Crippen molar-refractivity contribution in [2.75, 3.05) is 6.54 Å². The number of benzene rings is 1. The summed E-state index contributed by atoms with van der Waals surface area (Å²) in [5.41, 5.74) is 5.43. The Bertz CT molecular complexity index is 450. The lowest BCUT2D eigenvalue weighted by molar-refractivity contribution is -0.274. The van der Waals surface area contributed by atoms with E-state index in [0.717, 1.165) is 5.56 Å². The highest BCUT2D eigenvalue weighted by Gasteiger charge is 2.30. The molecule has 3 N–H and O–H groups in total. The van der Waals surface area contributed by atoms with E-state index in [0.29, 0.717) is 13.0 Å². The van der Waals surface area contributed by atoms with Crippen LogP contribution in [-0.2, 0) is 11.2 Å². The van der Waals surface area contributed by atoms with Crippen molar-refractivity contribution in [2.45, 2.75) is 32.2 Å². The first-order chi connectivity index (χ1) is 9.08. The van der Waals surface area contributed by atoms with Crippen LogP contribution in [0.25, 0.3) is 0 Å². The highest BCUT2D eigenvalue weighted by Crippen LogP contribution is 2.22. The number of nitrogens with one attached hydrogen (secondary N) is 1.